The molecular formula is C72H137NO5. The van der Waals surface area contributed by atoms with Crippen LogP contribution in [0.3, 0.4) is 0 Å². The molecule has 2 atom stereocenters. The van der Waals surface area contributed by atoms with Crippen molar-refractivity contribution in [3.05, 3.63) is 36.5 Å². The highest BCUT2D eigenvalue weighted by molar-refractivity contribution is 5.76. The SMILES string of the molecule is CCCC/C=C\C/C=C\CCCCCCCC(=O)OCCCCCCCCCCCCCCCCCC/C=C\CCCCCCCCCCCCCCCCCCCC(=O)NC(CO)C(O)CCCCCCCCCCCC. The van der Waals surface area contributed by atoms with Gasteiger partial charge in [-0.1, -0.05) is 333 Å². The highest BCUT2D eigenvalue weighted by Crippen LogP contribution is 2.19. The van der Waals surface area contributed by atoms with Crippen molar-refractivity contribution in [1.82, 2.24) is 5.32 Å². The normalized spacial score (nSPS) is 12.7. The summed E-state index contributed by atoms with van der Waals surface area (Å²) in [5.74, 6) is -0.0243. The third kappa shape index (κ3) is 63.3. The van der Waals surface area contributed by atoms with Crippen molar-refractivity contribution < 1.29 is 24.5 Å². The summed E-state index contributed by atoms with van der Waals surface area (Å²) in [4.78, 5) is 24.5. The summed E-state index contributed by atoms with van der Waals surface area (Å²) >= 11 is 0. The average Bonchev–Trinajstić information content (AvgIpc) is 3.44. The van der Waals surface area contributed by atoms with Crippen molar-refractivity contribution in [3.8, 4) is 0 Å². The quantitative estimate of drug-likeness (QED) is 0.0320. The fraction of sp³-hybridized carbons (Fsp3) is 0.889. The van der Waals surface area contributed by atoms with E-state index in [2.05, 4.69) is 55.6 Å². The van der Waals surface area contributed by atoms with Gasteiger partial charge in [-0.25, -0.2) is 0 Å². The second-order valence-electron chi connectivity index (χ2n) is 24.2. The number of rotatable bonds is 66. The first-order chi connectivity index (χ1) is 38.5. The number of esters is 1. The topological polar surface area (TPSA) is 95.9 Å². The van der Waals surface area contributed by atoms with Gasteiger partial charge in [0.05, 0.1) is 25.4 Å². The standard InChI is InChI=1S/C72H137NO5/c1-3-5-7-9-11-13-15-16-43-46-50-54-58-62-66-72(77)78-67-63-59-55-51-47-44-41-39-37-35-33-31-29-27-25-23-21-19-17-18-20-22-24-26-28-30-32-34-36-38-40-42-45-49-53-57-61-65-71(76)73-69(68-74)70(75)64-60-56-52-48-14-12-10-8-6-4-2/h9,11,15-17,19,69-70,74-75H,3-8,10,12-14,18,20-68H2,1-2H3,(H,73,76)/b11-9-,16-15-,19-17-. The Bertz CT molecular complexity index is 1260. The lowest BCUT2D eigenvalue weighted by molar-refractivity contribution is -0.143. The first kappa shape index (κ1) is 76.1. The Kier molecular flexibility index (Phi) is 65.9. The van der Waals surface area contributed by atoms with Crippen LogP contribution in [0.2, 0.25) is 0 Å². The second-order valence-corrected chi connectivity index (χ2v) is 24.2. The molecule has 6 heteroatoms. The molecule has 0 bridgehead atoms. The molecule has 0 aliphatic rings. The molecule has 0 fully saturated rings. The summed E-state index contributed by atoms with van der Waals surface area (Å²) in [6.45, 7) is 4.92. The first-order valence-corrected chi connectivity index (χ1v) is 35.2. The Balaban J connectivity index is 3.31. The Morgan fingerprint density at radius 2 is 0.654 bits per heavy atom. The van der Waals surface area contributed by atoms with Crippen LogP contribution in [0.5, 0.6) is 0 Å². The van der Waals surface area contributed by atoms with E-state index in [4.69, 9.17) is 4.74 Å². The van der Waals surface area contributed by atoms with Crippen LogP contribution in [-0.4, -0.2) is 47.4 Å². The molecule has 3 N–H and O–H groups in total. The van der Waals surface area contributed by atoms with Gasteiger partial charge in [-0.3, -0.25) is 9.59 Å². The number of unbranched alkanes of at least 4 members (excludes halogenated alkanes) is 49. The summed E-state index contributed by atoms with van der Waals surface area (Å²) < 4.78 is 5.48. The largest absolute Gasteiger partial charge is 0.466 e. The number of allylic oxidation sites excluding steroid dienone is 6. The number of carbonyl (C=O) groups is 2. The summed E-state index contributed by atoms with van der Waals surface area (Å²) in [6.07, 6.45) is 86.5. The van der Waals surface area contributed by atoms with Gasteiger partial charge in [-0.15, -0.1) is 0 Å². The molecule has 0 aromatic carbocycles. The maximum absolute atomic E-state index is 12.4. The molecular weight excluding hydrogens is 959 g/mol. The van der Waals surface area contributed by atoms with E-state index in [-0.39, 0.29) is 18.5 Å². The van der Waals surface area contributed by atoms with Crippen LogP contribution in [0, 0.1) is 0 Å². The molecule has 0 saturated carbocycles. The number of ether oxygens (including phenoxy) is 1. The maximum Gasteiger partial charge on any atom is 0.305 e. The van der Waals surface area contributed by atoms with Gasteiger partial charge in [0.25, 0.3) is 0 Å². The lowest BCUT2D eigenvalue weighted by Crippen LogP contribution is -2.45. The molecule has 0 spiro atoms. The van der Waals surface area contributed by atoms with Crippen LogP contribution >= 0.6 is 0 Å². The zero-order chi connectivity index (χ0) is 56.4. The third-order valence-corrected chi connectivity index (χ3v) is 16.4. The van der Waals surface area contributed by atoms with Gasteiger partial charge in [0.15, 0.2) is 0 Å². The molecule has 0 aliphatic heterocycles. The highest BCUT2D eigenvalue weighted by Gasteiger charge is 2.20. The fourth-order valence-electron chi connectivity index (χ4n) is 11.0. The van der Waals surface area contributed by atoms with Crippen molar-refractivity contribution in [2.45, 2.75) is 398 Å². The van der Waals surface area contributed by atoms with Gasteiger partial charge in [0, 0.05) is 12.8 Å². The molecule has 460 valence electrons. The number of amides is 1. The maximum atomic E-state index is 12.4. The van der Waals surface area contributed by atoms with Crippen molar-refractivity contribution in [3.63, 3.8) is 0 Å². The summed E-state index contributed by atoms with van der Waals surface area (Å²) in [5, 5.41) is 23.2. The molecule has 78 heavy (non-hydrogen) atoms. The van der Waals surface area contributed by atoms with E-state index in [0.29, 0.717) is 25.9 Å². The molecule has 1 amide bonds. The van der Waals surface area contributed by atoms with E-state index < -0.39 is 12.1 Å². The zero-order valence-corrected chi connectivity index (χ0v) is 52.7. The molecule has 0 rings (SSSR count). The Morgan fingerprint density at radius 3 is 1.03 bits per heavy atom. The van der Waals surface area contributed by atoms with E-state index in [1.54, 1.807) is 0 Å². The zero-order valence-electron chi connectivity index (χ0n) is 52.7. The number of nitrogens with one attached hydrogen (secondary N) is 1. The van der Waals surface area contributed by atoms with Crippen LogP contribution < -0.4 is 5.32 Å². The van der Waals surface area contributed by atoms with Crippen LogP contribution in [0.25, 0.3) is 0 Å². The molecule has 0 heterocycles. The Labute approximate surface area is 487 Å². The lowest BCUT2D eigenvalue weighted by atomic mass is 10.0. The number of aliphatic hydroxyl groups excluding tert-OH is 2. The van der Waals surface area contributed by atoms with E-state index in [1.807, 2.05) is 0 Å². The van der Waals surface area contributed by atoms with Gasteiger partial charge in [0.1, 0.15) is 0 Å². The van der Waals surface area contributed by atoms with Gasteiger partial charge in [0.2, 0.25) is 5.91 Å². The van der Waals surface area contributed by atoms with Gasteiger partial charge in [-0.05, 0) is 77.0 Å². The van der Waals surface area contributed by atoms with Crippen LogP contribution in [-0.2, 0) is 14.3 Å². The van der Waals surface area contributed by atoms with Crippen molar-refractivity contribution >= 4 is 11.9 Å². The number of hydrogen-bond acceptors (Lipinski definition) is 5. The summed E-state index contributed by atoms with van der Waals surface area (Å²) in [5.41, 5.74) is 0. The summed E-state index contributed by atoms with van der Waals surface area (Å²) in [6, 6.07) is -0.536. The Morgan fingerprint density at radius 1 is 0.359 bits per heavy atom. The van der Waals surface area contributed by atoms with Crippen LogP contribution in [0.1, 0.15) is 386 Å². The minimum absolute atomic E-state index is 0.00687. The smallest absolute Gasteiger partial charge is 0.305 e. The van der Waals surface area contributed by atoms with Crippen molar-refractivity contribution in [2.24, 2.45) is 0 Å². The lowest BCUT2D eigenvalue weighted by Gasteiger charge is -2.22. The molecule has 2 unspecified atom stereocenters. The number of aliphatic hydroxyl groups is 2. The average molecular weight is 1100 g/mol. The molecule has 0 saturated heterocycles. The third-order valence-electron chi connectivity index (χ3n) is 16.4. The Hall–Kier alpha value is -1.92. The molecule has 0 aromatic heterocycles. The van der Waals surface area contributed by atoms with E-state index in [1.165, 1.54) is 302 Å². The minimum Gasteiger partial charge on any atom is -0.466 e. The van der Waals surface area contributed by atoms with E-state index in [0.717, 1.165) is 51.4 Å². The second kappa shape index (κ2) is 67.6. The predicted octanol–water partition coefficient (Wildman–Crippen LogP) is 22.7. The van der Waals surface area contributed by atoms with Gasteiger partial charge >= 0.3 is 5.97 Å². The predicted molar refractivity (Wildman–Crippen MR) is 343 cm³/mol. The first-order valence-electron chi connectivity index (χ1n) is 35.2. The molecule has 0 aromatic rings. The molecule has 0 radical (unpaired) electrons. The number of hydrogen-bond donors (Lipinski definition) is 3. The highest BCUT2D eigenvalue weighted by atomic mass is 16.5. The van der Waals surface area contributed by atoms with Crippen molar-refractivity contribution in [2.75, 3.05) is 13.2 Å². The van der Waals surface area contributed by atoms with Crippen LogP contribution in [0.15, 0.2) is 36.5 Å². The number of carbonyl (C=O) groups excluding carboxylic acids is 2. The van der Waals surface area contributed by atoms with Gasteiger partial charge < -0.3 is 20.3 Å². The van der Waals surface area contributed by atoms with E-state index in [9.17, 15) is 19.8 Å². The molecule has 6 nitrogen and oxygen atoms in total. The van der Waals surface area contributed by atoms with E-state index >= 15 is 0 Å². The van der Waals surface area contributed by atoms with Crippen LogP contribution in [0.4, 0.5) is 0 Å². The van der Waals surface area contributed by atoms with Crippen molar-refractivity contribution in [1.29, 1.82) is 0 Å². The van der Waals surface area contributed by atoms with Gasteiger partial charge in [-0.2, -0.15) is 0 Å². The monoisotopic (exact) mass is 1100 g/mol. The summed E-state index contributed by atoms with van der Waals surface area (Å²) in [7, 11) is 0. The fourth-order valence-corrected chi connectivity index (χ4v) is 11.0. The minimum atomic E-state index is -0.659. The molecule has 0 aliphatic carbocycles.